The molecule has 2 atom stereocenters. The molecule has 5 rings (SSSR count). The summed E-state index contributed by atoms with van der Waals surface area (Å²) in [5.41, 5.74) is 6.15. The maximum atomic E-state index is 10.8. The lowest BCUT2D eigenvalue weighted by Crippen LogP contribution is -2.15. The molecule has 3 aliphatic rings. The molecule has 3 nitrogen and oxygen atoms in total. The highest BCUT2D eigenvalue weighted by Crippen LogP contribution is 2.54. The minimum absolute atomic E-state index is 0.206. The predicted molar refractivity (Wildman–Crippen MR) is 87.2 cm³/mol. The summed E-state index contributed by atoms with van der Waals surface area (Å²) in [6, 6.07) is 4.15. The number of hydrogen-bond acceptors (Lipinski definition) is 2. The van der Waals surface area contributed by atoms with Crippen molar-refractivity contribution in [2.24, 2.45) is 0 Å². The second-order valence-electron chi connectivity index (χ2n) is 6.71. The largest absolute Gasteiger partial charge is 0.494 e. The molecule has 0 saturated heterocycles. The Balaban J connectivity index is 1.99. The standard InChI is InChI=1S/C19H21NO2/c1-10-8-12(3)15(9-11(10)2)20-18(21)16-13-4-5-14(7-6-13)17(16)19(20)22/h4-5,8-9,13-14,21-22H,6-7H2,1-3H3/t13-,14+. The average Bonchev–Trinajstić information content (AvgIpc) is 2.78. The fraction of sp³-hybridized carbons (Fsp3) is 0.368. The quantitative estimate of drug-likeness (QED) is 0.768. The molecule has 0 radical (unpaired) electrons. The average molecular weight is 295 g/mol. The van der Waals surface area contributed by atoms with Crippen molar-refractivity contribution < 1.29 is 10.2 Å². The van der Waals surface area contributed by atoms with E-state index >= 15 is 0 Å². The van der Waals surface area contributed by atoms with E-state index in [1.807, 2.05) is 13.0 Å². The molecule has 22 heavy (non-hydrogen) atoms. The van der Waals surface area contributed by atoms with Crippen molar-refractivity contribution in [3.05, 3.63) is 52.1 Å². The molecular formula is C19H21NO2. The fourth-order valence-electron chi connectivity index (χ4n) is 4.03. The second-order valence-corrected chi connectivity index (χ2v) is 6.71. The van der Waals surface area contributed by atoms with E-state index in [-0.39, 0.29) is 23.6 Å². The molecule has 1 aromatic carbocycles. The second kappa shape index (κ2) is 4.42. The van der Waals surface area contributed by atoms with E-state index in [1.165, 1.54) is 5.56 Å². The molecule has 0 amide bonds. The summed E-state index contributed by atoms with van der Waals surface area (Å²) in [4.78, 5) is 0. The zero-order valence-corrected chi connectivity index (χ0v) is 13.2. The first-order valence-electron chi connectivity index (χ1n) is 7.92. The van der Waals surface area contributed by atoms with E-state index < -0.39 is 0 Å². The summed E-state index contributed by atoms with van der Waals surface area (Å²) in [7, 11) is 0. The Morgan fingerprint density at radius 1 is 0.818 bits per heavy atom. The van der Waals surface area contributed by atoms with Crippen LogP contribution in [0.1, 0.15) is 52.5 Å². The number of rotatable bonds is 1. The molecule has 3 aliphatic carbocycles. The van der Waals surface area contributed by atoms with Crippen LogP contribution >= 0.6 is 0 Å². The van der Waals surface area contributed by atoms with Gasteiger partial charge in [0, 0.05) is 23.0 Å². The molecule has 0 aliphatic heterocycles. The maximum Gasteiger partial charge on any atom is 0.202 e. The normalized spacial score (nSPS) is 22.1. The topological polar surface area (TPSA) is 45.4 Å². The van der Waals surface area contributed by atoms with Gasteiger partial charge < -0.3 is 10.2 Å². The minimum Gasteiger partial charge on any atom is -0.494 e. The Morgan fingerprint density at radius 2 is 1.32 bits per heavy atom. The van der Waals surface area contributed by atoms with Crippen molar-refractivity contribution in [3.63, 3.8) is 0 Å². The molecule has 0 spiro atoms. The van der Waals surface area contributed by atoms with Gasteiger partial charge in [-0.2, -0.15) is 0 Å². The first-order valence-corrected chi connectivity index (χ1v) is 7.92. The van der Waals surface area contributed by atoms with Gasteiger partial charge in [0.25, 0.3) is 0 Å². The van der Waals surface area contributed by atoms with E-state index in [1.54, 1.807) is 4.57 Å². The van der Waals surface area contributed by atoms with Gasteiger partial charge in [-0.25, -0.2) is 0 Å². The summed E-state index contributed by atoms with van der Waals surface area (Å²) < 4.78 is 1.63. The predicted octanol–water partition coefficient (Wildman–Crippen LogP) is 4.34. The lowest BCUT2D eigenvalue weighted by Gasteiger charge is -2.30. The number of fused-ring (bicyclic) bond motifs is 1. The molecule has 1 heterocycles. The first-order chi connectivity index (χ1) is 10.5. The van der Waals surface area contributed by atoms with Crippen LogP contribution in [0.15, 0.2) is 24.3 Å². The van der Waals surface area contributed by atoms with E-state index in [2.05, 4.69) is 32.1 Å². The SMILES string of the molecule is Cc1cc(C)c(-n2c(O)c3c(c2O)[C@H]2C=C[C@@H]3CC2)cc1C. The van der Waals surface area contributed by atoms with Crippen molar-refractivity contribution in [1.29, 1.82) is 0 Å². The van der Waals surface area contributed by atoms with Crippen LogP contribution in [0.3, 0.4) is 0 Å². The smallest absolute Gasteiger partial charge is 0.202 e. The van der Waals surface area contributed by atoms with Crippen LogP contribution in [0, 0.1) is 20.8 Å². The molecule has 0 saturated carbocycles. The Morgan fingerprint density at radius 3 is 1.82 bits per heavy atom. The summed E-state index contributed by atoms with van der Waals surface area (Å²) >= 11 is 0. The number of hydrogen-bond donors (Lipinski definition) is 2. The number of nitrogens with zero attached hydrogens (tertiary/aromatic N) is 1. The van der Waals surface area contributed by atoms with E-state index in [4.69, 9.17) is 0 Å². The van der Waals surface area contributed by atoms with Crippen molar-refractivity contribution in [3.8, 4) is 17.4 Å². The lowest BCUT2D eigenvalue weighted by atomic mass is 9.73. The van der Waals surface area contributed by atoms with E-state index in [0.717, 1.165) is 40.8 Å². The third kappa shape index (κ3) is 1.62. The molecule has 3 heteroatoms. The molecular weight excluding hydrogens is 274 g/mol. The van der Waals surface area contributed by atoms with Crippen molar-refractivity contribution in [1.82, 2.24) is 4.57 Å². The van der Waals surface area contributed by atoms with Gasteiger partial charge in [-0.15, -0.1) is 0 Å². The van der Waals surface area contributed by atoms with E-state index in [0.29, 0.717) is 0 Å². The van der Waals surface area contributed by atoms with Crippen molar-refractivity contribution in [2.45, 2.75) is 45.4 Å². The zero-order chi connectivity index (χ0) is 15.6. The van der Waals surface area contributed by atoms with Crippen LogP contribution in [0.2, 0.25) is 0 Å². The molecule has 1 aromatic heterocycles. The zero-order valence-electron chi connectivity index (χ0n) is 13.2. The summed E-state index contributed by atoms with van der Waals surface area (Å²) in [5.74, 6) is 0.883. The van der Waals surface area contributed by atoms with Gasteiger partial charge in [0.15, 0.2) is 0 Å². The van der Waals surface area contributed by atoms with Gasteiger partial charge >= 0.3 is 0 Å². The summed E-state index contributed by atoms with van der Waals surface area (Å²) in [5, 5.41) is 21.6. The minimum atomic E-state index is 0.206. The first kappa shape index (κ1) is 13.5. The van der Waals surface area contributed by atoms with Crippen molar-refractivity contribution >= 4 is 0 Å². The van der Waals surface area contributed by atoms with Crippen LogP contribution in [0.25, 0.3) is 5.69 Å². The highest BCUT2D eigenvalue weighted by atomic mass is 16.3. The number of aryl methyl sites for hydroxylation is 3. The Bertz CT molecular complexity index is 776. The number of aromatic nitrogens is 1. The molecule has 114 valence electrons. The van der Waals surface area contributed by atoms with Crippen LogP contribution in [0.5, 0.6) is 11.8 Å². The van der Waals surface area contributed by atoms with Crippen LogP contribution in [-0.4, -0.2) is 14.8 Å². The Kier molecular flexibility index (Phi) is 2.71. The summed E-state index contributed by atoms with van der Waals surface area (Å²) in [6.07, 6.45) is 6.45. The highest BCUT2D eigenvalue weighted by Gasteiger charge is 2.38. The Hall–Kier alpha value is -2.16. The third-order valence-electron chi connectivity index (χ3n) is 5.35. The van der Waals surface area contributed by atoms with Gasteiger partial charge in [-0.05, 0) is 56.4 Å². The van der Waals surface area contributed by atoms with Gasteiger partial charge in [0.1, 0.15) is 0 Å². The summed E-state index contributed by atoms with van der Waals surface area (Å²) in [6.45, 7) is 6.16. The van der Waals surface area contributed by atoms with E-state index in [9.17, 15) is 10.2 Å². The third-order valence-corrected chi connectivity index (χ3v) is 5.35. The van der Waals surface area contributed by atoms with Gasteiger partial charge in [-0.3, -0.25) is 4.57 Å². The lowest BCUT2D eigenvalue weighted by molar-refractivity contribution is 0.399. The molecule has 0 fully saturated rings. The fourth-order valence-corrected chi connectivity index (χ4v) is 4.03. The Labute approximate surface area is 130 Å². The van der Waals surface area contributed by atoms with Crippen LogP contribution < -0.4 is 0 Å². The van der Waals surface area contributed by atoms with Gasteiger partial charge in [0.2, 0.25) is 11.8 Å². The number of allylic oxidation sites excluding steroid dienone is 2. The molecule has 2 bridgehead atoms. The maximum absolute atomic E-state index is 10.8. The van der Waals surface area contributed by atoms with Crippen molar-refractivity contribution in [2.75, 3.05) is 0 Å². The highest BCUT2D eigenvalue weighted by molar-refractivity contribution is 5.62. The van der Waals surface area contributed by atoms with Gasteiger partial charge in [0.05, 0.1) is 5.69 Å². The monoisotopic (exact) mass is 295 g/mol. The van der Waals surface area contributed by atoms with Crippen LogP contribution in [-0.2, 0) is 0 Å². The van der Waals surface area contributed by atoms with Crippen LogP contribution in [0.4, 0.5) is 0 Å². The number of aromatic hydroxyl groups is 2. The molecule has 2 N–H and O–H groups in total. The molecule has 2 aromatic rings. The van der Waals surface area contributed by atoms with Gasteiger partial charge in [-0.1, -0.05) is 18.2 Å². The number of benzene rings is 1. The molecule has 0 unspecified atom stereocenters.